The van der Waals surface area contributed by atoms with Crippen molar-refractivity contribution in [2.75, 3.05) is 31.5 Å². The van der Waals surface area contributed by atoms with Crippen LogP contribution in [0.25, 0.3) is 11.0 Å². The molecule has 0 aliphatic carbocycles. The standard InChI is InChI=1S/C37H46B4F2N6O/c1-23(2)47-17-11-26(12-18-47)30-22-31-32-44-24(3)27-9-8-10-29(21-27)37(42,43)28-13-19-48(20-14-28)35(38,39)15-6-5-7-16-36(40,41)49(34(30)50)33(31)46-25(4)45-32/h6,8-10,15,21-24,26,28H,5,7,11-14,16-20H2,1-4H3,(H,44,45,46)/b15-6-/t24-/m1/s1. The first kappa shape index (κ1) is 36.9. The summed E-state index contributed by atoms with van der Waals surface area (Å²) >= 11 is 0. The quantitative estimate of drug-likeness (QED) is 0.293. The molecule has 7 rings (SSSR count). The molecular formula is C37H46B4F2N6O. The van der Waals surface area contributed by atoms with Crippen LogP contribution in [0, 0.1) is 12.8 Å². The SMILES string of the molecule is [B]C1([B])/C=C\CCCC([B])([B])n2c(=O)c(C3CCN(C(C)C)CC3)cc3c(nc(C)nc32)N[C@H](C)c2cccc(c2)C(F)(F)C2CCN1CC2. The Kier molecular flexibility index (Phi) is 10.5. The van der Waals surface area contributed by atoms with Crippen molar-refractivity contribution >= 4 is 48.2 Å². The Bertz CT molecular complexity index is 1780. The monoisotopic (exact) mass is 672 g/mol. The van der Waals surface area contributed by atoms with E-state index in [1.54, 1.807) is 25.1 Å². The van der Waals surface area contributed by atoms with E-state index in [1.165, 1.54) is 10.6 Å². The van der Waals surface area contributed by atoms with Crippen molar-refractivity contribution in [3.05, 3.63) is 75.4 Å². The number of nitrogens with one attached hydrogen (secondary N) is 1. The molecule has 8 bridgehead atoms. The molecule has 0 saturated carbocycles. The van der Waals surface area contributed by atoms with Crippen LogP contribution in [0.2, 0.25) is 0 Å². The van der Waals surface area contributed by atoms with Gasteiger partial charge in [-0.25, -0.2) is 18.7 Å². The molecule has 4 aliphatic heterocycles. The Morgan fingerprint density at radius 2 is 1.68 bits per heavy atom. The van der Waals surface area contributed by atoms with E-state index < -0.39 is 28.6 Å². The third kappa shape index (κ3) is 7.37. The Hall–Kier alpha value is -2.91. The second-order valence-corrected chi connectivity index (χ2v) is 15.0. The minimum Gasteiger partial charge on any atom is -0.363 e. The largest absolute Gasteiger partial charge is 0.363 e. The van der Waals surface area contributed by atoms with Crippen LogP contribution in [-0.2, 0) is 11.3 Å². The number of anilines is 1. The first-order valence-corrected chi connectivity index (χ1v) is 18.1. The van der Waals surface area contributed by atoms with Gasteiger partial charge in [0.25, 0.3) is 11.5 Å². The number of rotatable bonds is 2. The van der Waals surface area contributed by atoms with Gasteiger partial charge in [-0.2, -0.15) is 0 Å². The molecule has 2 saturated heterocycles. The van der Waals surface area contributed by atoms with Crippen LogP contribution in [-0.4, -0.2) is 93.3 Å². The summed E-state index contributed by atoms with van der Waals surface area (Å²) in [5.74, 6) is -2.97. The number of aromatic nitrogens is 3. The molecule has 0 spiro atoms. The second-order valence-electron chi connectivity index (χ2n) is 15.0. The van der Waals surface area contributed by atoms with Crippen LogP contribution >= 0.6 is 0 Å². The van der Waals surface area contributed by atoms with Gasteiger partial charge in [0.15, 0.2) is 0 Å². The van der Waals surface area contributed by atoms with Gasteiger partial charge in [-0.1, -0.05) is 30.4 Å². The normalized spacial score (nSPS) is 26.7. The number of likely N-dealkylation sites (tertiary alicyclic amines) is 1. The zero-order valence-corrected chi connectivity index (χ0v) is 29.8. The molecule has 7 nitrogen and oxygen atoms in total. The van der Waals surface area contributed by atoms with Crippen molar-refractivity contribution in [1.82, 2.24) is 24.3 Å². The molecule has 13 heteroatoms. The molecule has 3 aromatic rings. The molecule has 8 radical (unpaired) electrons. The zero-order valence-electron chi connectivity index (χ0n) is 29.8. The maximum atomic E-state index is 16.1. The van der Waals surface area contributed by atoms with Gasteiger partial charge in [0.2, 0.25) is 0 Å². The Balaban J connectivity index is 1.48. The molecule has 50 heavy (non-hydrogen) atoms. The maximum Gasteiger partial charge on any atom is 0.276 e. The summed E-state index contributed by atoms with van der Waals surface area (Å²) in [5, 5.41) is 1.23. The lowest BCUT2D eigenvalue weighted by atomic mass is 9.58. The van der Waals surface area contributed by atoms with E-state index in [1.807, 2.05) is 30.0 Å². The number of hydrogen-bond donors (Lipinski definition) is 1. The summed E-state index contributed by atoms with van der Waals surface area (Å²) in [6.07, 6.45) is 7.12. The highest BCUT2D eigenvalue weighted by Gasteiger charge is 2.44. The van der Waals surface area contributed by atoms with E-state index in [-0.39, 0.29) is 36.3 Å². The Morgan fingerprint density at radius 3 is 2.36 bits per heavy atom. The third-order valence-electron chi connectivity index (χ3n) is 11.1. The van der Waals surface area contributed by atoms with Crippen molar-refractivity contribution < 1.29 is 8.78 Å². The first-order chi connectivity index (χ1) is 23.6. The predicted molar refractivity (Wildman–Crippen MR) is 201 cm³/mol. The molecule has 0 unspecified atom stereocenters. The lowest BCUT2D eigenvalue weighted by molar-refractivity contribution is -0.0865. The van der Waals surface area contributed by atoms with E-state index in [9.17, 15) is 4.79 Å². The maximum absolute atomic E-state index is 16.1. The van der Waals surface area contributed by atoms with Crippen LogP contribution < -0.4 is 10.9 Å². The number of hydrogen-bond acceptors (Lipinski definition) is 6. The van der Waals surface area contributed by atoms with E-state index in [4.69, 9.17) is 41.4 Å². The molecule has 2 fully saturated rings. The van der Waals surface area contributed by atoms with Gasteiger partial charge in [0.05, 0.1) is 36.8 Å². The summed E-state index contributed by atoms with van der Waals surface area (Å²) in [6, 6.07) is 8.50. The summed E-state index contributed by atoms with van der Waals surface area (Å²) in [5.41, 5.74) is 1.37. The molecule has 0 amide bonds. The van der Waals surface area contributed by atoms with Crippen LogP contribution in [0.1, 0.15) is 100 Å². The van der Waals surface area contributed by atoms with Gasteiger partial charge >= 0.3 is 0 Å². The van der Waals surface area contributed by atoms with Gasteiger partial charge in [-0.05, 0) is 133 Å². The average molecular weight is 672 g/mol. The molecule has 4 aliphatic rings. The molecule has 1 aromatic carbocycles. The van der Waals surface area contributed by atoms with Crippen molar-refractivity contribution in [2.45, 2.75) is 107 Å². The highest BCUT2D eigenvalue weighted by atomic mass is 19.3. The fourth-order valence-electron chi connectivity index (χ4n) is 7.99. The van der Waals surface area contributed by atoms with Crippen LogP contribution in [0.5, 0.6) is 0 Å². The topological polar surface area (TPSA) is 66.3 Å². The van der Waals surface area contributed by atoms with Gasteiger partial charge in [0, 0.05) is 29.1 Å². The molecule has 256 valence electrons. The van der Waals surface area contributed by atoms with Crippen LogP contribution in [0.3, 0.4) is 0 Å². The van der Waals surface area contributed by atoms with Crippen molar-refractivity contribution in [3.63, 3.8) is 0 Å². The fourth-order valence-corrected chi connectivity index (χ4v) is 7.99. The first-order valence-electron chi connectivity index (χ1n) is 18.1. The number of alkyl halides is 2. The third-order valence-corrected chi connectivity index (χ3v) is 11.1. The molecule has 1 N–H and O–H groups in total. The van der Waals surface area contributed by atoms with E-state index in [0.29, 0.717) is 65.8 Å². The Morgan fingerprint density at radius 1 is 0.980 bits per heavy atom. The fraction of sp³-hybridized carbons (Fsp3) is 0.595. The van der Waals surface area contributed by atoms with E-state index >= 15 is 8.78 Å². The number of piperidine rings is 2. The lowest BCUT2D eigenvalue weighted by Crippen LogP contribution is -2.53. The van der Waals surface area contributed by atoms with Crippen molar-refractivity contribution in [2.24, 2.45) is 5.92 Å². The molecule has 6 heterocycles. The molecule has 1 atom stereocenters. The lowest BCUT2D eigenvalue weighted by Gasteiger charge is -2.44. The van der Waals surface area contributed by atoms with Crippen molar-refractivity contribution in [1.29, 1.82) is 0 Å². The number of halogens is 2. The van der Waals surface area contributed by atoms with Crippen molar-refractivity contribution in [3.8, 4) is 0 Å². The van der Waals surface area contributed by atoms with E-state index in [2.05, 4.69) is 24.1 Å². The summed E-state index contributed by atoms with van der Waals surface area (Å²) in [4.78, 5) is 28.3. The number of nitrogens with zero attached hydrogens (tertiary/aromatic N) is 5. The van der Waals surface area contributed by atoms with Crippen LogP contribution in [0.4, 0.5) is 14.6 Å². The smallest absolute Gasteiger partial charge is 0.276 e. The number of benzene rings is 1. The van der Waals surface area contributed by atoms with Gasteiger partial charge in [-0.15, -0.1) is 0 Å². The van der Waals surface area contributed by atoms with Gasteiger partial charge in [-0.3, -0.25) is 4.79 Å². The summed E-state index contributed by atoms with van der Waals surface area (Å²) in [6.45, 7) is 10.5. The second kappa shape index (κ2) is 14.3. The van der Waals surface area contributed by atoms with Gasteiger partial charge < -0.3 is 19.7 Å². The number of aryl methyl sites for hydroxylation is 1. The average Bonchev–Trinajstić information content (AvgIpc) is 3.07. The van der Waals surface area contributed by atoms with Crippen LogP contribution in [0.15, 0.2) is 47.3 Å². The van der Waals surface area contributed by atoms with Gasteiger partial charge in [0.1, 0.15) is 17.3 Å². The summed E-state index contributed by atoms with van der Waals surface area (Å²) < 4.78 is 33.7. The minimum absolute atomic E-state index is 0.000507. The zero-order chi connectivity index (χ0) is 36.0. The highest BCUT2D eigenvalue weighted by Crippen LogP contribution is 2.43. The minimum atomic E-state index is -3.04. The Labute approximate surface area is 300 Å². The number of pyridine rings is 1. The summed E-state index contributed by atoms with van der Waals surface area (Å²) in [7, 11) is 26.8. The predicted octanol–water partition coefficient (Wildman–Crippen LogP) is 5.34. The highest BCUT2D eigenvalue weighted by molar-refractivity contribution is 6.41. The molecular weight excluding hydrogens is 626 g/mol. The number of allylic oxidation sites excluding steroid dienone is 1. The van der Waals surface area contributed by atoms with E-state index in [0.717, 1.165) is 25.9 Å². The number of fused-ring (bicyclic) bond motifs is 8. The molecule has 2 aromatic heterocycles.